The quantitative estimate of drug-likeness (QED) is 0.811. The molecule has 0 aliphatic carbocycles. The topological polar surface area (TPSA) is 95.7 Å². The van der Waals surface area contributed by atoms with Crippen molar-refractivity contribution in [1.82, 2.24) is 9.88 Å². The number of piperidine rings is 1. The fraction of sp³-hybridized carbons (Fsp3) is 0.450. The van der Waals surface area contributed by atoms with Gasteiger partial charge < -0.3 is 14.8 Å². The smallest absolute Gasteiger partial charge is 0.307 e. The molecule has 7 heteroatoms. The number of aryl methyl sites for hydroxylation is 2. The van der Waals surface area contributed by atoms with Crippen molar-refractivity contribution in [3.8, 4) is 0 Å². The molecule has 2 atom stereocenters. The van der Waals surface area contributed by atoms with Crippen LogP contribution >= 0.6 is 0 Å². The van der Waals surface area contributed by atoms with Gasteiger partial charge in [0.2, 0.25) is 5.91 Å². The first-order valence-electron chi connectivity index (χ1n) is 9.21. The lowest BCUT2D eigenvalue weighted by Crippen LogP contribution is -2.46. The van der Waals surface area contributed by atoms with Crippen LogP contribution in [0.15, 0.2) is 34.9 Å². The van der Waals surface area contributed by atoms with Gasteiger partial charge in [-0.3, -0.25) is 19.5 Å². The SMILES string of the molecule is CCc1ccc(CN2C[C@@H](C(=O)O)C[C@H](C(=O)Nc3ccc(C)nc3)C2)o1. The maximum absolute atomic E-state index is 12.7. The highest BCUT2D eigenvalue weighted by Gasteiger charge is 2.35. The molecule has 1 aliphatic heterocycles. The number of carbonyl (C=O) groups is 2. The molecule has 0 aromatic carbocycles. The van der Waals surface area contributed by atoms with Crippen molar-refractivity contribution in [2.75, 3.05) is 18.4 Å². The van der Waals surface area contributed by atoms with E-state index in [0.717, 1.165) is 23.6 Å². The highest BCUT2D eigenvalue weighted by atomic mass is 16.4. The van der Waals surface area contributed by atoms with Crippen LogP contribution in [0.25, 0.3) is 0 Å². The maximum Gasteiger partial charge on any atom is 0.307 e. The van der Waals surface area contributed by atoms with E-state index >= 15 is 0 Å². The Kier molecular flexibility index (Phi) is 5.91. The van der Waals surface area contributed by atoms with Crippen LogP contribution in [0.3, 0.4) is 0 Å². The van der Waals surface area contributed by atoms with E-state index in [0.29, 0.717) is 31.7 Å². The molecular formula is C20H25N3O4. The number of furan rings is 1. The van der Waals surface area contributed by atoms with Gasteiger partial charge in [0.25, 0.3) is 0 Å². The molecular weight excluding hydrogens is 346 g/mol. The Balaban J connectivity index is 1.68. The van der Waals surface area contributed by atoms with Gasteiger partial charge >= 0.3 is 5.97 Å². The molecule has 2 aromatic rings. The van der Waals surface area contributed by atoms with Crippen LogP contribution in [-0.4, -0.2) is 40.0 Å². The summed E-state index contributed by atoms with van der Waals surface area (Å²) in [5.74, 6) is -0.334. The van der Waals surface area contributed by atoms with Gasteiger partial charge in [-0.15, -0.1) is 0 Å². The Labute approximate surface area is 158 Å². The molecule has 0 bridgehead atoms. The van der Waals surface area contributed by atoms with Crippen LogP contribution in [0.5, 0.6) is 0 Å². The first kappa shape index (κ1) is 19.1. The van der Waals surface area contributed by atoms with E-state index in [1.165, 1.54) is 0 Å². The average molecular weight is 371 g/mol. The molecule has 2 N–H and O–H groups in total. The van der Waals surface area contributed by atoms with Crippen molar-refractivity contribution in [3.05, 3.63) is 47.7 Å². The number of carbonyl (C=O) groups excluding carboxylic acids is 1. The predicted molar refractivity (Wildman–Crippen MR) is 100 cm³/mol. The number of hydrogen-bond donors (Lipinski definition) is 2. The van der Waals surface area contributed by atoms with E-state index in [2.05, 4.69) is 10.3 Å². The zero-order chi connectivity index (χ0) is 19.4. The minimum atomic E-state index is -0.872. The fourth-order valence-electron chi connectivity index (χ4n) is 3.39. The Hall–Kier alpha value is -2.67. The second-order valence-electron chi connectivity index (χ2n) is 7.06. The van der Waals surface area contributed by atoms with E-state index in [9.17, 15) is 14.7 Å². The predicted octanol–water partition coefficient (Wildman–Crippen LogP) is 2.71. The number of pyridine rings is 1. The highest BCUT2D eigenvalue weighted by Crippen LogP contribution is 2.25. The molecule has 0 unspecified atom stereocenters. The number of rotatable bonds is 6. The summed E-state index contributed by atoms with van der Waals surface area (Å²) in [6.45, 7) is 5.30. The van der Waals surface area contributed by atoms with Crippen LogP contribution in [0.1, 0.15) is 30.6 Å². The molecule has 144 valence electrons. The third kappa shape index (κ3) is 4.95. The number of anilines is 1. The van der Waals surface area contributed by atoms with E-state index in [-0.39, 0.29) is 5.91 Å². The monoisotopic (exact) mass is 371 g/mol. The summed E-state index contributed by atoms with van der Waals surface area (Å²) in [5, 5.41) is 12.3. The van der Waals surface area contributed by atoms with Gasteiger partial charge in [0.05, 0.1) is 30.3 Å². The Morgan fingerprint density at radius 3 is 2.59 bits per heavy atom. The number of hydrogen-bond acceptors (Lipinski definition) is 5. The molecule has 27 heavy (non-hydrogen) atoms. The molecule has 7 nitrogen and oxygen atoms in total. The van der Waals surface area contributed by atoms with E-state index in [1.54, 1.807) is 12.3 Å². The van der Waals surface area contributed by atoms with E-state index in [4.69, 9.17) is 4.42 Å². The number of likely N-dealkylation sites (tertiary alicyclic amines) is 1. The first-order valence-corrected chi connectivity index (χ1v) is 9.21. The first-order chi connectivity index (χ1) is 12.9. The highest BCUT2D eigenvalue weighted by molar-refractivity contribution is 5.93. The van der Waals surface area contributed by atoms with Crippen molar-refractivity contribution < 1.29 is 19.1 Å². The molecule has 0 radical (unpaired) electrons. The summed E-state index contributed by atoms with van der Waals surface area (Å²) >= 11 is 0. The fourth-order valence-corrected chi connectivity index (χ4v) is 3.39. The number of aromatic nitrogens is 1. The summed E-state index contributed by atoms with van der Waals surface area (Å²) in [7, 11) is 0. The molecule has 3 heterocycles. The standard InChI is InChI=1S/C20H25N3O4/c1-3-17-6-7-18(27-17)12-23-10-14(8-15(11-23)20(25)26)19(24)22-16-5-4-13(2)21-9-16/h4-7,9,14-15H,3,8,10-12H2,1-2H3,(H,22,24)(H,25,26)/t14-,15-/m0/s1. The van der Waals surface area contributed by atoms with Gasteiger partial charge in [-0.25, -0.2) is 0 Å². The van der Waals surface area contributed by atoms with Gasteiger partial charge in [-0.05, 0) is 37.6 Å². The number of carboxylic acids is 1. The van der Waals surface area contributed by atoms with Crippen molar-refractivity contribution in [3.63, 3.8) is 0 Å². The zero-order valence-corrected chi connectivity index (χ0v) is 15.6. The van der Waals surface area contributed by atoms with E-state index < -0.39 is 17.8 Å². The molecule has 0 saturated carbocycles. The zero-order valence-electron chi connectivity index (χ0n) is 15.6. The van der Waals surface area contributed by atoms with Gasteiger partial charge in [-0.2, -0.15) is 0 Å². The molecule has 0 spiro atoms. The molecule has 1 amide bonds. The number of carboxylic acid groups (broad SMARTS) is 1. The van der Waals surface area contributed by atoms with Gasteiger partial charge in [-0.1, -0.05) is 6.92 Å². The molecule has 1 aliphatic rings. The van der Waals surface area contributed by atoms with Gasteiger partial charge in [0, 0.05) is 25.2 Å². The lowest BCUT2D eigenvalue weighted by atomic mass is 9.88. The van der Waals surface area contributed by atoms with Crippen LogP contribution < -0.4 is 5.32 Å². The maximum atomic E-state index is 12.7. The third-order valence-corrected chi connectivity index (χ3v) is 4.87. The summed E-state index contributed by atoms with van der Waals surface area (Å²) in [6.07, 6.45) is 2.75. The lowest BCUT2D eigenvalue weighted by Gasteiger charge is -2.35. The molecule has 2 aromatic heterocycles. The van der Waals surface area contributed by atoms with E-state index in [1.807, 2.05) is 36.9 Å². The van der Waals surface area contributed by atoms with Crippen LogP contribution in [0, 0.1) is 18.8 Å². The van der Waals surface area contributed by atoms with Crippen LogP contribution in [0.4, 0.5) is 5.69 Å². The van der Waals surface area contributed by atoms with Crippen LogP contribution in [0.2, 0.25) is 0 Å². The Morgan fingerprint density at radius 2 is 1.96 bits per heavy atom. The number of nitrogens with zero attached hydrogens (tertiary/aromatic N) is 2. The second-order valence-corrected chi connectivity index (χ2v) is 7.06. The average Bonchev–Trinajstić information content (AvgIpc) is 3.10. The minimum absolute atomic E-state index is 0.176. The van der Waals surface area contributed by atoms with Crippen LogP contribution in [-0.2, 0) is 22.6 Å². The number of nitrogens with one attached hydrogen (secondary N) is 1. The minimum Gasteiger partial charge on any atom is -0.481 e. The van der Waals surface area contributed by atoms with Crippen molar-refractivity contribution >= 4 is 17.6 Å². The summed E-state index contributed by atoms with van der Waals surface area (Å²) in [5.41, 5.74) is 1.49. The van der Waals surface area contributed by atoms with Gasteiger partial charge in [0.15, 0.2) is 0 Å². The Morgan fingerprint density at radius 1 is 1.22 bits per heavy atom. The van der Waals surface area contributed by atoms with Crippen molar-refractivity contribution in [2.24, 2.45) is 11.8 Å². The molecule has 1 fully saturated rings. The summed E-state index contributed by atoms with van der Waals surface area (Å²) in [4.78, 5) is 30.4. The van der Waals surface area contributed by atoms with Gasteiger partial charge in [0.1, 0.15) is 11.5 Å². The lowest BCUT2D eigenvalue weighted by molar-refractivity contribution is -0.145. The Bertz CT molecular complexity index is 800. The third-order valence-electron chi connectivity index (χ3n) is 4.87. The number of aliphatic carboxylic acids is 1. The summed E-state index contributed by atoms with van der Waals surface area (Å²) < 4.78 is 5.74. The molecule has 3 rings (SSSR count). The van der Waals surface area contributed by atoms with Crippen molar-refractivity contribution in [1.29, 1.82) is 0 Å². The largest absolute Gasteiger partial charge is 0.481 e. The second kappa shape index (κ2) is 8.35. The molecule has 1 saturated heterocycles. The summed E-state index contributed by atoms with van der Waals surface area (Å²) in [6, 6.07) is 7.47. The normalized spacial score (nSPS) is 20.4. The number of amides is 1. The van der Waals surface area contributed by atoms with Crippen molar-refractivity contribution in [2.45, 2.75) is 33.2 Å².